The number of alkyl halides is 3. The number of anilines is 4. The van der Waals surface area contributed by atoms with Crippen molar-refractivity contribution in [3.63, 3.8) is 0 Å². The summed E-state index contributed by atoms with van der Waals surface area (Å²) in [5.41, 5.74) is 2.30. The Morgan fingerprint density at radius 3 is 2.47 bits per heavy atom. The number of piperazine rings is 1. The maximum Gasteiger partial charge on any atom is 0.421 e. The highest BCUT2D eigenvalue weighted by molar-refractivity contribution is 5.76. The van der Waals surface area contributed by atoms with E-state index in [0.29, 0.717) is 38.0 Å². The van der Waals surface area contributed by atoms with E-state index in [1.54, 1.807) is 4.90 Å². The predicted molar refractivity (Wildman–Crippen MR) is 161 cm³/mol. The van der Waals surface area contributed by atoms with Crippen LogP contribution in [0, 0.1) is 0 Å². The van der Waals surface area contributed by atoms with Crippen LogP contribution in [0.25, 0.3) is 0 Å². The van der Waals surface area contributed by atoms with E-state index in [1.165, 1.54) is 11.3 Å². The first-order chi connectivity index (χ1) is 20.7. The molecule has 234 valence electrons. The highest BCUT2D eigenvalue weighted by atomic mass is 19.4. The minimum Gasteiger partial charge on any atom is -0.371 e. The standard InChI is InChI=1S/C30H42F3N9O/c1-39-15-17-41(18-16-39)22-7-12-40(13-8-22)23-5-6-26(24(19-23)21-3-4-21)37-28-36-20-25(30(31,32)33)27(38-28)34-9-2-11-42-14-10-35-29(42)43/h5-6,19-22H,2-4,7-18H2,1H3,(H,35,43)(H2,34,36,37,38). The molecule has 0 radical (unpaired) electrons. The minimum atomic E-state index is -4.59. The van der Waals surface area contributed by atoms with Crippen LogP contribution in [-0.2, 0) is 6.18 Å². The van der Waals surface area contributed by atoms with Crippen LogP contribution in [-0.4, -0.2) is 109 Å². The molecule has 3 N–H and O–H groups in total. The Morgan fingerprint density at radius 2 is 1.79 bits per heavy atom. The summed E-state index contributed by atoms with van der Waals surface area (Å²) in [5.74, 6) is 0.293. The van der Waals surface area contributed by atoms with Gasteiger partial charge in [-0.15, -0.1) is 0 Å². The molecule has 43 heavy (non-hydrogen) atoms. The SMILES string of the molecule is CN1CCN(C2CCN(c3ccc(Nc4ncc(C(F)(F)F)c(NCCCN5CCNC5=O)n4)c(C4CC4)c3)CC2)CC1. The molecule has 4 aliphatic rings. The molecule has 1 saturated carbocycles. The lowest BCUT2D eigenvalue weighted by Crippen LogP contribution is -2.52. The molecule has 1 aromatic carbocycles. The molecule has 0 atom stereocenters. The number of nitrogens with zero attached hydrogens (tertiary/aromatic N) is 6. The van der Waals surface area contributed by atoms with E-state index >= 15 is 0 Å². The second-order valence-electron chi connectivity index (χ2n) is 12.2. The van der Waals surface area contributed by atoms with Crippen molar-refractivity contribution < 1.29 is 18.0 Å². The van der Waals surface area contributed by atoms with Gasteiger partial charge in [-0.3, -0.25) is 4.90 Å². The average molecular weight is 602 g/mol. The van der Waals surface area contributed by atoms with E-state index in [4.69, 9.17) is 0 Å². The van der Waals surface area contributed by atoms with Gasteiger partial charge in [0, 0.05) is 89.1 Å². The van der Waals surface area contributed by atoms with Crippen LogP contribution < -0.4 is 20.9 Å². The monoisotopic (exact) mass is 601 g/mol. The van der Waals surface area contributed by atoms with Crippen molar-refractivity contribution in [3.8, 4) is 0 Å². The van der Waals surface area contributed by atoms with Gasteiger partial charge >= 0.3 is 12.2 Å². The molecule has 1 aromatic heterocycles. The zero-order chi connectivity index (χ0) is 30.0. The Hall–Kier alpha value is -3.32. The number of urea groups is 1. The number of nitrogens with one attached hydrogen (secondary N) is 3. The molecule has 10 nitrogen and oxygen atoms in total. The number of amides is 2. The molecule has 2 amide bonds. The summed E-state index contributed by atoms with van der Waals surface area (Å²) < 4.78 is 41.2. The number of likely N-dealkylation sites (N-methyl/N-ethyl adjacent to an activating group) is 1. The first kappa shape index (κ1) is 29.7. The molecule has 3 aliphatic heterocycles. The van der Waals surface area contributed by atoms with Gasteiger partial charge in [0.2, 0.25) is 5.95 Å². The van der Waals surface area contributed by atoms with Crippen LogP contribution in [0.2, 0.25) is 0 Å². The summed E-state index contributed by atoms with van der Waals surface area (Å²) in [4.78, 5) is 29.2. The molecule has 3 saturated heterocycles. The molecule has 6 rings (SSSR count). The fourth-order valence-corrected chi connectivity index (χ4v) is 6.37. The van der Waals surface area contributed by atoms with Crippen LogP contribution >= 0.6 is 0 Å². The Labute approximate surface area is 251 Å². The first-order valence-electron chi connectivity index (χ1n) is 15.5. The minimum absolute atomic E-state index is 0.122. The molecule has 4 heterocycles. The van der Waals surface area contributed by atoms with Gasteiger partial charge in [0.25, 0.3) is 0 Å². The smallest absolute Gasteiger partial charge is 0.371 e. The Balaban J connectivity index is 1.11. The molecular formula is C30H42F3N9O. The molecule has 0 unspecified atom stereocenters. The third-order valence-electron chi connectivity index (χ3n) is 9.12. The van der Waals surface area contributed by atoms with E-state index in [-0.39, 0.29) is 24.3 Å². The molecule has 0 bridgehead atoms. The normalized spacial score (nSPS) is 20.9. The number of halogens is 3. The van der Waals surface area contributed by atoms with Gasteiger partial charge in [0.15, 0.2) is 0 Å². The topological polar surface area (TPSA) is 91.9 Å². The lowest BCUT2D eigenvalue weighted by molar-refractivity contribution is -0.137. The number of carbonyl (C=O) groups is 1. The summed E-state index contributed by atoms with van der Waals surface area (Å²) in [6, 6.07) is 6.87. The molecule has 0 spiro atoms. The van der Waals surface area contributed by atoms with Crippen LogP contribution in [0.15, 0.2) is 24.4 Å². The largest absolute Gasteiger partial charge is 0.421 e. The molecule has 2 aromatic rings. The van der Waals surface area contributed by atoms with Crippen molar-refractivity contribution in [2.45, 2.75) is 50.2 Å². The van der Waals surface area contributed by atoms with Crippen LogP contribution in [0.4, 0.5) is 41.1 Å². The lowest BCUT2D eigenvalue weighted by atomic mass is 10.0. The van der Waals surface area contributed by atoms with E-state index in [0.717, 1.165) is 76.8 Å². The van der Waals surface area contributed by atoms with Crippen molar-refractivity contribution in [1.29, 1.82) is 0 Å². The maximum absolute atomic E-state index is 13.7. The second-order valence-corrected chi connectivity index (χ2v) is 12.2. The van der Waals surface area contributed by atoms with Gasteiger partial charge in [-0.1, -0.05) is 0 Å². The predicted octanol–water partition coefficient (Wildman–Crippen LogP) is 4.16. The molecule has 1 aliphatic carbocycles. The molecule has 4 fully saturated rings. The van der Waals surface area contributed by atoms with Gasteiger partial charge in [-0.05, 0) is 68.8 Å². The third kappa shape index (κ3) is 7.26. The number of rotatable bonds is 10. The first-order valence-corrected chi connectivity index (χ1v) is 15.5. The quantitative estimate of drug-likeness (QED) is 0.350. The Kier molecular flexibility index (Phi) is 8.80. The maximum atomic E-state index is 13.7. The van der Waals surface area contributed by atoms with Crippen LogP contribution in [0.3, 0.4) is 0 Å². The second kappa shape index (κ2) is 12.7. The van der Waals surface area contributed by atoms with E-state index in [9.17, 15) is 18.0 Å². The number of hydrogen-bond acceptors (Lipinski definition) is 8. The fraction of sp³-hybridized carbons (Fsp3) is 0.633. The summed E-state index contributed by atoms with van der Waals surface area (Å²) in [6.45, 7) is 8.51. The summed E-state index contributed by atoms with van der Waals surface area (Å²) in [6.07, 6.45) is 1.25. The third-order valence-corrected chi connectivity index (χ3v) is 9.12. The summed E-state index contributed by atoms with van der Waals surface area (Å²) in [5, 5.41) is 8.78. The van der Waals surface area contributed by atoms with Gasteiger partial charge < -0.3 is 30.7 Å². The van der Waals surface area contributed by atoms with Crippen molar-refractivity contribution >= 4 is 29.2 Å². The van der Waals surface area contributed by atoms with E-state index < -0.39 is 11.7 Å². The number of piperidine rings is 1. The number of benzene rings is 1. The van der Waals surface area contributed by atoms with Crippen LogP contribution in [0.5, 0.6) is 0 Å². The Bertz CT molecular complexity index is 1270. The fourth-order valence-electron chi connectivity index (χ4n) is 6.37. The van der Waals surface area contributed by atoms with Crippen molar-refractivity contribution in [2.24, 2.45) is 0 Å². The summed E-state index contributed by atoms with van der Waals surface area (Å²) in [7, 11) is 2.19. The van der Waals surface area contributed by atoms with Crippen molar-refractivity contribution in [1.82, 2.24) is 30.0 Å². The van der Waals surface area contributed by atoms with Crippen molar-refractivity contribution in [3.05, 3.63) is 35.5 Å². The van der Waals surface area contributed by atoms with Crippen LogP contribution in [0.1, 0.15) is 49.1 Å². The van der Waals surface area contributed by atoms with Gasteiger partial charge in [0.1, 0.15) is 11.4 Å². The van der Waals surface area contributed by atoms with E-state index in [2.05, 4.69) is 59.8 Å². The molecule has 13 heteroatoms. The highest BCUT2D eigenvalue weighted by Crippen LogP contribution is 2.45. The number of hydrogen-bond donors (Lipinski definition) is 3. The van der Waals surface area contributed by atoms with Gasteiger partial charge in [-0.25, -0.2) is 9.78 Å². The summed E-state index contributed by atoms with van der Waals surface area (Å²) >= 11 is 0. The number of aromatic nitrogens is 2. The highest BCUT2D eigenvalue weighted by Gasteiger charge is 2.36. The lowest BCUT2D eigenvalue weighted by Gasteiger charge is -2.42. The zero-order valence-corrected chi connectivity index (χ0v) is 24.8. The average Bonchev–Trinajstić information content (AvgIpc) is 3.76. The zero-order valence-electron chi connectivity index (χ0n) is 24.8. The van der Waals surface area contributed by atoms with Gasteiger partial charge in [0.05, 0.1) is 0 Å². The van der Waals surface area contributed by atoms with Gasteiger partial charge in [-0.2, -0.15) is 18.2 Å². The van der Waals surface area contributed by atoms with Crippen molar-refractivity contribution in [2.75, 3.05) is 88.0 Å². The number of carbonyl (C=O) groups excluding carboxylic acids is 1. The molecular weight excluding hydrogens is 559 g/mol. The van der Waals surface area contributed by atoms with E-state index in [1.807, 2.05) is 6.07 Å². The Morgan fingerprint density at radius 1 is 1.02 bits per heavy atom.